The highest BCUT2D eigenvalue weighted by Gasteiger charge is 2.30. The third-order valence-electron chi connectivity index (χ3n) is 4.88. The summed E-state index contributed by atoms with van der Waals surface area (Å²) in [7, 11) is 0. The molecule has 2 aliphatic rings. The molecule has 1 saturated heterocycles. The second-order valence-electron chi connectivity index (χ2n) is 6.35. The Morgan fingerprint density at radius 1 is 1.21 bits per heavy atom. The van der Waals surface area contributed by atoms with Gasteiger partial charge in [0, 0.05) is 44.2 Å². The second-order valence-corrected chi connectivity index (χ2v) is 6.35. The number of anilines is 1. The highest BCUT2D eigenvalue weighted by molar-refractivity contribution is 5.91. The number of fused-ring (bicyclic) bond motifs is 1. The molecule has 2 heterocycles. The van der Waals surface area contributed by atoms with Crippen LogP contribution in [0.5, 0.6) is 0 Å². The first-order valence-corrected chi connectivity index (χ1v) is 8.56. The lowest BCUT2D eigenvalue weighted by atomic mass is 10.0. The van der Waals surface area contributed by atoms with Crippen LogP contribution in [0.2, 0.25) is 0 Å². The molecule has 1 fully saturated rings. The van der Waals surface area contributed by atoms with E-state index in [1.807, 2.05) is 34.1 Å². The molecule has 0 saturated carbocycles. The Hall–Kier alpha value is -2.37. The van der Waals surface area contributed by atoms with Gasteiger partial charge in [0.1, 0.15) is 6.29 Å². The van der Waals surface area contributed by atoms with Crippen LogP contribution in [0, 0.1) is 0 Å². The van der Waals surface area contributed by atoms with Crippen LogP contribution in [0.3, 0.4) is 0 Å². The molecule has 2 aliphatic heterocycles. The molecule has 0 aromatic heterocycles. The zero-order valence-corrected chi connectivity index (χ0v) is 13.7. The number of carbonyl (C=O) groups is 3. The number of nitrogens with one attached hydrogen (secondary N) is 1. The quantitative estimate of drug-likeness (QED) is 0.860. The Labute approximate surface area is 141 Å². The van der Waals surface area contributed by atoms with Crippen molar-refractivity contribution >= 4 is 23.9 Å². The molecule has 1 N–H and O–H groups in total. The molecule has 3 amide bonds. The van der Waals surface area contributed by atoms with Gasteiger partial charge in [0.15, 0.2) is 0 Å². The minimum Gasteiger partial charge on any atom is -0.343 e. The van der Waals surface area contributed by atoms with Gasteiger partial charge in [-0.05, 0) is 30.9 Å². The summed E-state index contributed by atoms with van der Waals surface area (Å²) < 4.78 is 0. The zero-order chi connectivity index (χ0) is 16.9. The van der Waals surface area contributed by atoms with Gasteiger partial charge in [0.2, 0.25) is 5.91 Å². The fourth-order valence-electron chi connectivity index (χ4n) is 3.51. The molecule has 0 radical (unpaired) electrons. The fourth-order valence-corrected chi connectivity index (χ4v) is 3.51. The van der Waals surface area contributed by atoms with Gasteiger partial charge in [-0.1, -0.05) is 18.2 Å². The number of hydrogen-bond acceptors (Lipinski definition) is 3. The number of likely N-dealkylation sites (tertiary alicyclic amines) is 1. The molecule has 6 heteroatoms. The lowest BCUT2D eigenvalue weighted by Gasteiger charge is -2.38. The van der Waals surface area contributed by atoms with Crippen molar-refractivity contribution in [3.05, 3.63) is 29.8 Å². The summed E-state index contributed by atoms with van der Waals surface area (Å²) in [6, 6.07) is 8.01. The van der Waals surface area contributed by atoms with E-state index in [1.54, 1.807) is 0 Å². The molecule has 1 aromatic carbocycles. The van der Waals surface area contributed by atoms with E-state index >= 15 is 0 Å². The SMILES string of the molecule is O=CCCC(=O)N1CCC(N2CCc3ccccc3NC2=O)CC1. The van der Waals surface area contributed by atoms with Crippen LogP contribution in [0.15, 0.2) is 24.3 Å². The standard InChI is InChI=1S/C18H23N3O3/c22-13-3-6-17(23)20-10-8-15(9-11-20)21-12-7-14-4-1-2-5-16(14)19-18(21)24/h1-2,4-5,13,15H,3,6-12H2,(H,19,24). The van der Waals surface area contributed by atoms with Gasteiger partial charge in [-0.15, -0.1) is 0 Å². The number of rotatable bonds is 4. The molecule has 0 atom stereocenters. The van der Waals surface area contributed by atoms with Crippen LogP contribution < -0.4 is 5.32 Å². The minimum atomic E-state index is -0.0503. The Morgan fingerprint density at radius 2 is 1.96 bits per heavy atom. The number of benzene rings is 1. The first-order valence-electron chi connectivity index (χ1n) is 8.56. The van der Waals surface area contributed by atoms with Crippen molar-refractivity contribution in [1.82, 2.24) is 9.80 Å². The van der Waals surface area contributed by atoms with Gasteiger partial charge in [-0.2, -0.15) is 0 Å². The van der Waals surface area contributed by atoms with E-state index < -0.39 is 0 Å². The Kier molecular flexibility index (Phi) is 5.13. The first-order chi connectivity index (χ1) is 11.7. The maximum absolute atomic E-state index is 12.5. The highest BCUT2D eigenvalue weighted by Crippen LogP contribution is 2.24. The number of para-hydroxylation sites is 1. The summed E-state index contributed by atoms with van der Waals surface area (Å²) >= 11 is 0. The predicted octanol–water partition coefficient (Wildman–Crippen LogP) is 2.05. The molecule has 1 aromatic rings. The van der Waals surface area contributed by atoms with E-state index in [9.17, 15) is 14.4 Å². The molecule has 0 aliphatic carbocycles. The normalized spacial score (nSPS) is 18.6. The maximum Gasteiger partial charge on any atom is 0.322 e. The zero-order valence-electron chi connectivity index (χ0n) is 13.7. The number of nitrogens with zero attached hydrogens (tertiary/aromatic N) is 2. The van der Waals surface area contributed by atoms with Crippen molar-refractivity contribution in [2.75, 3.05) is 25.0 Å². The molecule has 0 bridgehead atoms. The molecule has 0 unspecified atom stereocenters. The van der Waals surface area contributed by atoms with Gasteiger partial charge < -0.3 is 19.9 Å². The molecular weight excluding hydrogens is 306 g/mol. The number of aldehydes is 1. The van der Waals surface area contributed by atoms with Crippen LogP contribution in [-0.4, -0.2) is 53.7 Å². The smallest absolute Gasteiger partial charge is 0.322 e. The minimum absolute atomic E-state index is 0.0354. The Morgan fingerprint density at radius 3 is 2.71 bits per heavy atom. The monoisotopic (exact) mass is 329 g/mol. The highest BCUT2D eigenvalue weighted by atomic mass is 16.2. The summed E-state index contributed by atoms with van der Waals surface area (Å²) in [5.41, 5.74) is 2.06. The number of urea groups is 1. The van der Waals surface area contributed by atoms with Gasteiger partial charge in [0.25, 0.3) is 0 Å². The number of hydrogen-bond donors (Lipinski definition) is 1. The van der Waals surface area contributed by atoms with Gasteiger partial charge in [0.05, 0.1) is 0 Å². The third kappa shape index (κ3) is 3.58. The summed E-state index contributed by atoms with van der Waals surface area (Å²) in [5, 5.41) is 3.00. The van der Waals surface area contributed by atoms with E-state index in [2.05, 4.69) is 5.32 Å². The van der Waals surface area contributed by atoms with E-state index in [0.29, 0.717) is 19.6 Å². The van der Waals surface area contributed by atoms with Crippen LogP contribution in [0.4, 0.5) is 10.5 Å². The van der Waals surface area contributed by atoms with Crippen molar-refractivity contribution in [1.29, 1.82) is 0 Å². The number of amides is 3. The van der Waals surface area contributed by atoms with Gasteiger partial charge >= 0.3 is 6.03 Å². The van der Waals surface area contributed by atoms with Crippen LogP contribution in [0.1, 0.15) is 31.2 Å². The number of piperidine rings is 1. The number of carbonyl (C=O) groups excluding carboxylic acids is 3. The third-order valence-corrected chi connectivity index (χ3v) is 4.88. The van der Waals surface area contributed by atoms with Gasteiger partial charge in [-0.3, -0.25) is 4.79 Å². The lowest BCUT2D eigenvalue weighted by molar-refractivity contribution is -0.133. The van der Waals surface area contributed by atoms with Crippen molar-refractivity contribution in [2.45, 2.75) is 38.1 Å². The molecule has 128 valence electrons. The molecule has 3 rings (SSSR count). The molecule has 6 nitrogen and oxygen atoms in total. The fraction of sp³-hybridized carbons (Fsp3) is 0.500. The van der Waals surface area contributed by atoms with Crippen LogP contribution in [-0.2, 0) is 16.0 Å². The Balaban J connectivity index is 1.58. The van der Waals surface area contributed by atoms with Crippen molar-refractivity contribution in [3.63, 3.8) is 0 Å². The topological polar surface area (TPSA) is 69.7 Å². The van der Waals surface area contributed by atoms with Crippen molar-refractivity contribution < 1.29 is 14.4 Å². The Bertz CT molecular complexity index is 624. The average molecular weight is 329 g/mol. The predicted molar refractivity (Wildman–Crippen MR) is 90.8 cm³/mol. The summed E-state index contributed by atoms with van der Waals surface area (Å²) in [4.78, 5) is 38.6. The summed E-state index contributed by atoms with van der Waals surface area (Å²) in [6.45, 7) is 2.00. The van der Waals surface area contributed by atoms with E-state index in [-0.39, 0.29) is 30.8 Å². The van der Waals surface area contributed by atoms with E-state index in [1.165, 1.54) is 0 Å². The first kappa shape index (κ1) is 16.5. The van der Waals surface area contributed by atoms with Crippen molar-refractivity contribution in [3.8, 4) is 0 Å². The largest absolute Gasteiger partial charge is 0.343 e. The molecule has 0 spiro atoms. The van der Waals surface area contributed by atoms with Crippen molar-refractivity contribution in [2.24, 2.45) is 0 Å². The van der Waals surface area contributed by atoms with Crippen LogP contribution >= 0.6 is 0 Å². The van der Waals surface area contributed by atoms with Crippen LogP contribution in [0.25, 0.3) is 0 Å². The summed E-state index contributed by atoms with van der Waals surface area (Å²) in [6.07, 6.45) is 3.77. The van der Waals surface area contributed by atoms with E-state index in [0.717, 1.165) is 36.8 Å². The molecular formula is C18H23N3O3. The van der Waals surface area contributed by atoms with Gasteiger partial charge in [-0.25, -0.2) is 4.79 Å². The summed E-state index contributed by atoms with van der Waals surface area (Å²) in [5.74, 6) is 0.0354. The lowest BCUT2D eigenvalue weighted by Crippen LogP contribution is -2.50. The molecule has 24 heavy (non-hydrogen) atoms. The maximum atomic E-state index is 12.5. The van der Waals surface area contributed by atoms with E-state index in [4.69, 9.17) is 0 Å². The second kappa shape index (κ2) is 7.47. The average Bonchev–Trinajstić information content (AvgIpc) is 2.78.